The molecule has 0 fully saturated rings. The van der Waals surface area contributed by atoms with Gasteiger partial charge in [-0.25, -0.2) is 18.9 Å². The van der Waals surface area contributed by atoms with Gasteiger partial charge in [-0.3, -0.25) is 18.8 Å². The predicted octanol–water partition coefficient (Wildman–Crippen LogP) is 2.77. The second-order valence-electron chi connectivity index (χ2n) is 9.29. The molecule has 4 aromatic heterocycles. The smallest absolute Gasteiger partial charge is 0.267 e. The van der Waals surface area contributed by atoms with Crippen LogP contribution in [0.3, 0.4) is 0 Å². The van der Waals surface area contributed by atoms with Gasteiger partial charge in [0.2, 0.25) is 0 Å². The number of fused-ring (bicyclic) bond motifs is 2. The van der Waals surface area contributed by atoms with Gasteiger partial charge in [-0.1, -0.05) is 24.0 Å². The van der Waals surface area contributed by atoms with Crippen molar-refractivity contribution in [3.8, 4) is 17.5 Å². The number of aromatic nitrogens is 7. The molecule has 2 aromatic carbocycles. The van der Waals surface area contributed by atoms with Crippen molar-refractivity contribution >= 4 is 28.3 Å². The second-order valence-corrected chi connectivity index (χ2v) is 9.29. The Bertz CT molecular complexity index is 2100. The molecular weight excluding hydrogens is 525 g/mol. The number of nitrogens with zero attached hydrogens (tertiary/aromatic N) is 7. The van der Waals surface area contributed by atoms with E-state index in [1.165, 1.54) is 33.5 Å². The molecule has 1 amide bonds. The highest BCUT2D eigenvalue weighted by atomic mass is 19.1. The van der Waals surface area contributed by atoms with E-state index in [1.807, 2.05) is 0 Å². The number of anilines is 1. The minimum absolute atomic E-state index is 0.000719. The number of nitrogen functional groups attached to an aromatic ring is 1. The van der Waals surface area contributed by atoms with Crippen molar-refractivity contribution in [2.24, 2.45) is 7.05 Å². The quantitative estimate of drug-likeness (QED) is 0.324. The first-order valence-electron chi connectivity index (χ1n) is 12.5. The molecule has 3 N–H and O–H groups in total. The van der Waals surface area contributed by atoms with E-state index in [0.29, 0.717) is 16.6 Å². The van der Waals surface area contributed by atoms with Gasteiger partial charge in [0.15, 0.2) is 11.5 Å². The number of carbonyl (C=O) groups is 1. The Kier molecular flexibility index (Phi) is 6.24. The number of hydrogen-bond donors (Lipinski definition) is 2. The van der Waals surface area contributed by atoms with Crippen LogP contribution in [0, 0.1) is 17.7 Å². The van der Waals surface area contributed by atoms with Crippen molar-refractivity contribution in [3.05, 3.63) is 112 Å². The second kappa shape index (κ2) is 10.0. The normalized spacial score (nSPS) is 11.8. The maximum absolute atomic E-state index is 14.3. The maximum atomic E-state index is 14.3. The molecule has 4 heterocycles. The summed E-state index contributed by atoms with van der Waals surface area (Å²) in [5.74, 6) is 5.15. The molecule has 41 heavy (non-hydrogen) atoms. The molecule has 6 rings (SSSR count). The van der Waals surface area contributed by atoms with E-state index in [9.17, 15) is 14.0 Å². The van der Waals surface area contributed by atoms with Crippen LogP contribution in [0.5, 0.6) is 0 Å². The number of halogens is 1. The van der Waals surface area contributed by atoms with Crippen molar-refractivity contribution in [1.29, 1.82) is 0 Å². The highest BCUT2D eigenvalue weighted by Gasteiger charge is 2.25. The van der Waals surface area contributed by atoms with Gasteiger partial charge in [0, 0.05) is 31.2 Å². The Balaban J connectivity index is 1.49. The highest BCUT2D eigenvalue weighted by molar-refractivity contribution is 6.04. The van der Waals surface area contributed by atoms with Gasteiger partial charge in [-0.15, -0.1) is 5.10 Å². The lowest BCUT2D eigenvalue weighted by atomic mass is 10.1. The zero-order valence-electron chi connectivity index (χ0n) is 21.9. The SMILES string of the molecule is C[C@@H](NC(=O)c1c(N)nn2cccnc12)c1nc2cccc(C#Cc3cnn(C)c3)c2c(=O)n1-c1cccc(F)c1. The highest BCUT2D eigenvalue weighted by Crippen LogP contribution is 2.22. The van der Waals surface area contributed by atoms with Crippen LogP contribution in [0.15, 0.2) is 78.1 Å². The fourth-order valence-corrected chi connectivity index (χ4v) is 4.59. The number of amides is 1. The largest absolute Gasteiger partial charge is 0.381 e. The third-order valence-corrected chi connectivity index (χ3v) is 6.42. The molecule has 0 radical (unpaired) electrons. The third kappa shape index (κ3) is 4.65. The molecule has 0 aliphatic rings. The minimum Gasteiger partial charge on any atom is -0.381 e. The Morgan fingerprint density at radius 1 is 1.15 bits per heavy atom. The summed E-state index contributed by atoms with van der Waals surface area (Å²) in [6.07, 6.45) is 6.53. The van der Waals surface area contributed by atoms with Gasteiger partial charge in [0.05, 0.1) is 34.4 Å². The topological polar surface area (TPSA) is 138 Å². The lowest BCUT2D eigenvalue weighted by Crippen LogP contribution is -2.33. The number of aryl methyl sites for hydroxylation is 1. The number of nitrogens with one attached hydrogen (secondary N) is 1. The summed E-state index contributed by atoms with van der Waals surface area (Å²) in [5, 5.41) is 11.4. The van der Waals surface area contributed by atoms with E-state index in [4.69, 9.17) is 10.7 Å². The van der Waals surface area contributed by atoms with Crippen molar-refractivity contribution < 1.29 is 9.18 Å². The van der Waals surface area contributed by atoms with Crippen molar-refractivity contribution in [1.82, 2.24) is 39.2 Å². The molecule has 0 unspecified atom stereocenters. The van der Waals surface area contributed by atoms with Gasteiger partial charge < -0.3 is 11.1 Å². The van der Waals surface area contributed by atoms with E-state index < -0.39 is 23.3 Å². The van der Waals surface area contributed by atoms with E-state index in [-0.39, 0.29) is 33.9 Å². The van der Waals surface area contributed by atoms with Crippen molar-refractivity contribution in [2.75, 3.05) is 5.73 Å². The van der Waals surface area contributed by atoms with E-state index in [2.05, 4.69) is 32.3 Å². The molecule has 11 nitrogen and oxygen atoms in total. The molecule has 6 aromatic rings. The Labute approximate surface area is 232 Å². The van der Waals surface area contributed by atoms with Gasteiger partial charge in [-0.05, 0) is 43.3 Å². The first kappa shape index (κ1) is 25.4. The summed E-state index contributed by atoms with van der Waals surface area (Å²) in [6, 6.07) is 11.6. The summed E-state index contributed by atoms with van der Waals surface area (Å²) in [6.45, 7) is 1.67. The zero-order valence-corrected chi connectivity index (χ0v) is 21.9. The molecule has 202 valence electrons. The number of hydrogen-bond acceptors (Lipinski definition) is 7. The predicted molar refractivity (Wildman–Crippen MR) is 150 cm³/mol. The molecular formula is C29H22FN9O2. The Morgan fingerprint density at radius 3 is 2.76 bits per heavy atom. The molecule has 0 aliphatic carbocycles. The maximum Gasteiger partial charge on any atom is 0.267 e. The molecule has 0 bridgehead atoms. The van der Waals surface area contributed by atoms with Crippen molar-refractivity contribution in [2.45, 2.75) is 13.0 Å². The summed E-state index contributed by atoms with van der Waals surface area (Å²) in [7, 11) is 1.78. The summed E-state index contributed by atoms with van der Waals surface area (Å²) >= 11 is 0. The Morgan fingerprint density at radius 2 is 1.98 bits per heavy atom. The fourth-order valence-electron chi connectivity index (χ4n) is 4.59. The van der Waals surface area contributed by atoms with Crippen LogP contribution >= 0.6 is 0 Å². The monoisotopic (exact) mass is 547 g/mol. The minimum atomic E-state index is -0.814. The molecule has 0 saturated carbocycles. The van der Waals surface area contributed by atoms with Gasteiger partial charge >= 0.3 is 0 Å². The third-order valence-electron chi connectivity index (χ3n) is 6.42. The summed E-state index contributed by atoms with van der Waals surface area (Å²) in [4.78, 5) is 36.4. The average molecular weight is 548 g/mol. The Hall–Kier alpha value is -5.83. The van der Waals surface area contributed by atoms with E-state index in [1.54, 1.807) is 67.6 Å². The van der Waals surface area contributed by atoms with Gasteiger partial charge in [0.25, 0.3) is 11.5 Å². The summed E-state index contributed by atoms with van der Waals surface area (Å²) in [5.41, 5.74) is 7.67. The van der Waals surface area contributed by atoms with Crippen LogP contribution in [-0.2, 0) is 7.05 Å². The first-order chi connectivity index (χ1) is 19.8. The lowest BCUT2D eigenvalue weighted by Gasteiger charge is -2.20. The van der Waals surface area contributed by atoms with Crippen LogP contribution < -0.4 is 16.6 Å². The number of benzene rings is 2. The van der Waals surface area contributed by atoms with Gasteiger partial charge in [0.1, 0.15) is 17.2 Å². The first-order valence-corrected chi connectivity index (χ1v) is 12.5. The molecule has 12 heteroatoms. The van der Waals surface area contributed by atoms with Crippen LogP contribution in [0.1, 0.15) is 40.3 Å². The zero-order chi connectivity index (χ0) is 28.7. The molecule has 0 spiro atoms. The number of rotatable bonds is 4. The summed E-state index contributed by atoms with van der Waals surface area (Å²) < 4.78 is 18.7. The van der Waals surface area contributed by atoms with Crippen LogP contribution in [0.25, 0.3) is 22.2 Å². The molecule has 0 aliphatic heterocycles. The number of nitrogens with two attached hydrogens (primary N) is 1. The van der Waals surface area contributed by atoms with Crippen LogP contribution in [0.4, 0.5) is 10.2 Å². The average Bonchev–Trinajstić information content (AvgIpc) is 3.52. The van der Waals surface area contributed by atoms with Crippen molar-refractivity contribution in [3.63, 3.8) is 0 Å². The number of carbonyl (C=O) groups excluding carboxylic acids is 1. The molecule has 0 saturated heterocycles. The fraction of sp³-hybridized carbons (Fsp3) is 0.103. The van der Waals surface area contributed by atoms with Crippen LogP contribution in [0.2, 0.25) is 0 Å². The van der Waals surface area contributed by atoms with Crippen LogP contribution in [-0.4, -0.2) is 39.8 Å². The lowest BCUT2D eigenvalue weighted by molar-refractivity contribution is 0.0940. The van der Waals surface area contributed by atoms with Gasteiger partial charge in [-0.2, -0.15) is 5.10 Å². The standard InChI is InChI=1S/C29H22FN9O2/c1-17(34-28(40)24-25(31)36-38-13-5-12-32-27(24)38)26-35-22-9-3-6-19(11-10-18-15-33-37(2)16-18)23(22)29(41)39(26)21-8-4-7-20(30)14-21/h3-9,12-17H,1-2H3,(H2,31,36)(H,34,40)/t17-/m1/s1. The van der Waals surface area contributed by atoms with E-state index >= 15 is 0 Å². The van der Waals surface area contributed by atoms with E-state index in [0.717, 1.165) is 0 Å². The molecule has 1 atom stereocenters.